The molecule has 2 rings (SSSR count). The zero-order chi connectivity index (χ0) is 15.2. The molecule has 21 heavy (non-hydrogen) atoms. The van der Waals surface area contributed by atoms with Gasteiger partial charge in [-0.05, 0) is 12.7 Å². The van der Waals surface area contributed by atoms with Crippen molar-refractivity contribution < 1.29 is 4.79 Å². The molecular formula is C11H12ClN5OS3. The SMILES string of the molecule is CCCSc1ncc(Cl)c(C(=O)Nc2nnc(SC)s2)n1. The first-order valence-electron chi connectivity index (χ1n) is 5.98. The van der Waals surface area contributed by atoms with Gasteiger partial charge in [-0.3, -0.25) is 10.1 Å². The summed E-state index contributed by atoms with van der Waals surface area (Å²) >= 11 is 10.2. The Morgan fingerprint density at radius 2 is 2.29 bits per heavy atom. The second kappa shape index (κ2) is 7.92. The van der Waals surface area contributed by atoms with Crippen molar-refractivity contribution in [2.75, 3.05) is 17.3 Å². The highest BCUT2D eigenvalue weighted by atomic mass is 35.5. The lowest BCUT2D eigenvalue weighted by atomic mass is 10.4. The summed E-state index contributed by atoms with van der Waals surface area (Å²) in [6.45, 7) is 2.06. The third kappa shape index (κ3) is 4.53. The van der Waals surface area contributed by atoms with Crippen LogP contribution in [0, 0.1) is 0 Å². The molecule has 1 N–H and O–H groups in total. The molecular weight excluding hydrogens is 350 g/mol. The van der Waals surface area contributed by atoms with Gasteiger partial charge in [0.1, 0.15) is 0 Å². The van der Waals surface area contributed by atoms with Crippen molar-refractivity contribution in [1.29, 1.82) is 0 Å². The maximum atomic E-state index is 12.2. The van der Waals surface area contributed by atoms with E-state index in [4.69, 9.17) is 11.6 Å². The van der Waals surface area contributed by atoms with Crippen molar-refractivity contribution in [3.8, 4) is 0 Å². The fourth-order valence-electron chi connectivity index (χ4n) is 1.27. The average Bonchev–Trinajstić information content (AvgIpc) is 2.94. The minimum atomic E-state index is -0.412. The molecule has 0 fully saturated rings. The van der Waals surface area contributed by atoms with Gasteiger partial charge in [-0.25, -0.2) is 9.97 Å². The first kappa shape index (κ1) is 16.5. The molecule has 0 spiro atoms. The standard InChI is InChI=1S/C11H12ClN5OS3/c1-3-4-20-9-13-5-6(12)7(14-9)8(18)15-10-16-17-11(19-2)21-10/h5H,3-4H2,1-2H3,(H,15,16,18). The van der Waals surface area contributed by atoms with Gasteiger partial charge in [-0.2, -0.15) is 0 Å². The number of halogens is 1. The largest absolute Gasteiger partial charge is 0.295 e. The van der Waals surface area contributed by atoms with Crippen molar-refractivity contribution in [3.05, 3.63) is 16.9 Å². The predicted molar refractivity (Wildman–Crippen MR) is 87.7 cm³/mol. The van der Waals surface area contributed by atoms with Gasteiger partial charge in [0, 0.05) is 5.75 Å². The van der Waals surface area contributed by atoms with Crippen LogP contribution in [0.15, 0.2) is 15.7 Å². The maximum absolute atomic E-state index is 12.2. The summed E-state index contributed by atoms with van der Waals surface area (Å²) in [6, 6.07) is 0. The molecule has 0 radical (unpaired) electrons. The zero-order valence-electron chi connectivity index (χ0n) is 11.3. The van der Waals surface area contributed by atoms with Crippen LogP contribution >= 0.6 is 46.5 Å². The number of nitrogens with zero attached hydrogens (tertiary/aromatic N) is 4. The first-order chi connectivity index (χ1) is 10.1. The summed E-state index contributed by atoms with van der Waals surface area (Å²) in [5.74, 6) is 0.473. The summed E-state index contributed by atoms with van der Waals surface area (Å²) in [4.78, 5) is 20.5. The van der Waals surface area contributed by atoms with Gasteiger partial charge >= 0.3 is 0 Å². The van der Waals surface area contributed by atoms with E-state index in [0.29, 0.717) is 10.3 Å². The van der Waals surface area contributed by atoms with Gasteiger partial charge < -0.3 is 0 Å². The Morgan fingerprint density at radius 1 is 1.48 bits per heavy atom. The van der Waals surface area contributed by atoms with Crippen LogP contribution in [-0.4, -0.2) is 38.1 Å². The lowest BCUT2D eigenvalue weighted by molar-refractivity contribution is 0.102. The molecule has 2 aromatic heterocycles. The van der Waals surface area contributed by atoms with E-state index in [0.717, 1.165) is 16.5 Å². The number of aromatic nitrogens is 4. The molecule has 10 heteroatoms. The molecule has 6 nitrogen and oxygen atoms in total. The summed E-state index contributed by atoms with van der Waals surface area (Å²) < 4.78 is 0.776. The van der Waals surface area contributed by atoms with Gasteiger partial charge in [0.15, 0.2) is 15.2 Å². The molecule has 0 aliphatic heterocycles. The lowest BCUT2D eigenvalue weighted by Gasteiger charge is -2.04. The first-order valence-corrected chi connectivity index (χ1v) is 9.38. The second-order valence-electron chi connectivity index (χ2n) is 3.73. The minimum Gasteiger partial charge on any atom is -0.295 e. The number of hydrogen-bond acceptors (Lipinski definition) is 8. The Hall–Kier alpha value is -0.900. The number of thioether (sulfide) groups is 2. The van der Waals surface area contributed by atoms with Crippen LogP contribution in [0.1, 0.15) is 23.8 Å². The van der Waals surface area contributed by atoms with Gasteiger partial charge in [0.05, 0.1) is 11.2 Å². The average molecular weight is 362 g/mol. The maximum Gasteiger partial charge on any atom is 0.277 e. The Kier molecular flexibility index (Phi) is 6.22. The monoisotopic (exact) mass is 361 g/mol. The van der Waals surface area contributed by atoms with E-state index in [1.165, 1.54) is 41.1 Å². The van der Waals surface area contributed by atoms with Crippen LogP contribution in [0.5, 0.6) is 0 Å². The topological polar surface area (TPSA) is 80.7 Å². The molecule has 0 aromatic carbocycles. The van der Waals surface area contributed by atoms with Crippen molar-refractivity contribution in [2.45, 2.75) is 22.8 Å². The zero-order valence-corrected chi connectivity index (χ0v) is 14.5. The lowest BCUT2D eigenvalue weighted by Crippen LogP contribution is -2.15. The summed E-state index contributed by atoms with van der Waals surface area (Å²) in [6.07, 6.45) is 4.33. The van der Waals surface area contributed by atoms with Crippen LogP contribution in [0.4, 0.5) is 5.13 Å². The third-order valence-corrected chi connectivity index (χ3v) is 5.33. The predicted octanol–water partition coefficient (Wildman–Crippen LogP) is 3.46. The molecule has 0 atom stereocenters. The van der Waals surface area contributed by atoms with E-state index < -0.39 is 5.91 Å². The minimum absolute atomic E-state index is 0.145. The number of carbonyl (C=O) groups is 1. The van der Waals surface area contributed by atoms with E-state index in [1.54, 1.807) is 0 Å². The van der Waals surface area contributed by atoms with Crippen molar-refractivity contribution in [2.24, 2.45) is 0 Å². The highest BCUT2D eigenvalue weighted by Gasteiger charge is 2.16. The highest BCUT2D eigenvalue weighted by Crippen LogP contribution is 2.24. The van der Waals surface area contributed by atoms with Crippen LogP contribution in [0.25, 0.3) is 0 Å². The van der Waals surface area contributed by atoms with Crippen molar-refractivity contribution in [1.82, 2.24) is 20.2 Å². The number of amides is 1. The fourth-order valence-corrected chi connectivity index (χ4v) is 3.28. The number of nitrogens with one attached hydrogen (secondary N) is 1. The van der Waals surface area contributed by atoms with E-state index in [-0.39, 0.29) is 10.7 Å². The number of anilines is 1. The van der Waals surface area contributed by atoms with Crippen molar-refractivity contribution >= 4 is 57.5 Å². The second-order valence-corrected chi connectivity index (χ2v) is 7.23. The molecule has 2 aromatic rings. The van der Waals surface area contributed by atoms with Crippen LogP contribution < -0.4 is 5.32 Å². The third-order valence-electron chi connectivity index (χ3n) is 2.17. The van der Waals surface area contributed by atoms with Crippen LogP contribution in [0.2, 0.25) is 5.02 Å². The number of carbonyl (C=O) groups excluding carboxylic acids is 1. The van der Waals surface area contributed by atoms with Crippen LogP contribution in [-0.2, 0) is 0 Å². The molecule has 1 amide bonds. The molecule has 0 bridgehead atoms. The smallest absolute Gasteiger partial charge is 0.277 e. The number of hydrogen-bond donors (Lipinski definition) is 1. The van der Waals surface area contributed by atoms with E-state index in [1.807, 2.05) is 6.26 Å². The Labute approximate surface area is 139 Å². The highest BCUT2D eigenvalue weighted by molar-refractivity contribution is 8.00. The van der Waals surface area contributed by atoms with E-state index >= 15 is 0 Å². The van der Waals surface area contributed by atoms with Crippen molar-refractivity contribution in [3.63, 3.8) is 0 Å². The number of rotatable bonds is 6. The summed E-state index contributed by atoms with van der Waals surface area (Å²) in [5.41, 5.74) is 0.145. The molecule has 0 aliphatic rings. The molecule has 112 valence electrons. The quantitative estimate of drug-likeness (QED) is 0.479. The van der Waals surface area contributed by atoms with Gasteiger partial charge in [-0.15, -0.1) is 10.2 Å². The molecule has 0 saturated heterocycles. The molecule has 0 unspecified atom stereocenters. The normalized spacial score (nSPS) is 10.6. The summed E-state index contributed by atoms with van der Waals surface area (Å²) in [7, 11) is 0. The van der Waals surface area contributed by atoms with Crippen LogP contribution in [0.3, 0.4) is 0 Å². The fraction of sp³-hybridized carbons (Fsp3) is 0.364. The van der Waals surface area contributed by atoms with Gasteiger partial charge in [-0.1, -0.05) is 53.4 Å². The summed E-state index contributed by atoms with van der Waals surface area (Å²) in [5, 5.41) is 11.6. The van der Waals surface area contributed by atoms with E-state index in [9.17, 15) is 4.79 Å². The Morgan fingerprint density at radius 3 is 2.95 bits per heavy atom. The molecule has 2 heterocycles. The molecule has 0 saturated carbocycles. The molecule has 0 aliphatic carbocycles. The Balaban J connectivity index is 2.13. The Bertz CT molecular complexity index is 636. The van der Waals surface area contributed by atoms with E-state index in [2.05, 4.69) is 32.4 Å². The van der Waals surface area contributed by atoms with Gasteiger partial charge in [0.25, 0.3) is 5.91 Å². The van der Waals surface area contributed by atoms with Gasteiger partial charge in [0.2, 0.25) is 5.13 Å².